The van der Waals surface area contributed by atoms with Crippen molar-refractivity contribution in [3.8, 4) is 0 Å². The molecule has 0 radical (unpaired) electrons. The first kappa shape index (κ1) is 17.4. The molecule has 0 saturated carbocycles. The maximum absolute atomic E-state index is 11.1. The van der Waals surface area contributed by atoms with Crippen molar-refractivity contribution in [2.24, 2.45) is 0 Å². The first-order valence-electron chi connectivity index (χ1n) is 6.00. The van der Waals surface area contributed by atoms with E-state index in [1.165, 1.54) is 13.8 Å². The molecule has 0 aliphatic rings. The van der Waals surface area contributed by atoms with Crippen molar-refractivity contribution in [2.45, 2.75) is 39.1 Å². The molecule has 0 fully saturated rings. The molecule has 0 unspecified atom stereocenters. The van der Waals surface area contributed by atoms with E-state index in [0.717, 1.165) is 6.04 Å². The lowest BCUT2D eigenvalue weighted by atomic mass is 10.4. The topological polar surface area (TPSA) is 78.9 Å². The molecule has 0 N–H and O–H groups in total. The quantitative estimate of drug-likeness (QED) is 0.213. The third-order valence-electron chi connectivity index (χ3n) is 2.01. The molecular formula is C12H20O6Si. The second-order valence-corrected chi connectivity index (χ2v) is 6.01. The normalized spacial score (nSPS) is 10.5. The zero-order chi connectivity index (χ0) is 14.8. The lowest BCUT2D eigenvalue weighted by Gasteiger charge is -2.16. The predicted molar refractivity (Wildman–Crippen MR) is 71.1 cm³/mol. The van der Waals surface area contributed by atoms with Gasteiger partial charge in [-0.2, -0.15) is 0 Å². The number of esters is 3. The van der Waals surface area contributed by atoms with E-state index in [0.29, 0.717) is 12.0 Å². The largest absolute Gasteiger partial charge is 0.462 e. The fraction of sp³-hybridized carbons (Fsp3) is 0.583. The van der Waals surface area contributed by atoms with Crippen molar-refractivity contribution in [3.63, 3.8) is 0 Å². The van der Waals surface area contributed by atoms with Gasteiger partial charge in [-0.05, 0) is 13.3 Å². The molecule has 0 amide bonds. The summed E-state index contributed by atoms with van der Waals surface area (Å²) in [5.74, 6) is -2.12. The number of ether oxygens (including phenoxy) is 3. The number of carbonyl (C=O) groups excluding carboxylic acids is 3. The van der Waals surface area contributed by atoms with Crippen LogP contribution in [0.5, 0.6) is 0 Å². The Kier molecular flexibility index (Phi) is 8.52. The van der Waals surface area contributed by atoms with Crippen LogP contribution in [0.25, 0.3) is 0 Å². The number of carbonyl (C=O) groups is 3. The molecule has 0 atom stereocenters. The first-order valence-corrected chi connectivity index (χ1v) is 7.81. The minimum absolute atomic E-state index is 0.283. The molecule has 7 heteroatoms. The van der Waals surface area contributed by atoms with Crippen molar-refractivity contribution < 1.29 is 28.6 Å². The summed E-state index contributed by atoms with van der Waals surface area (Å²) < 4.78 is 14.7. The molecule has 0 bridgehead atoms. The van der Waals surface area contributed by atoms with E-state index in [-0.39, 0.29) is 6.61 Å². The summed E-state index contributed by atoms with van der Waals surface area (Å²) in [6.45, 7) is 7.85. The molecule has 0 aromatic heterocycles. The highest BCUT2D eigenvalue weighted by atomic mass is 28.2. The van der Waals surface area contributed by atoms with Gasteiger partial charge in [0.1, 0.15) is 9.52 Å². The molecule has 0 spiro atoms. The van der Waals surface area contributed by atoms with Crippen LogP contribution in [0.15, 0.2) is 12.2 Å². The van der Waals surface area contributed by atoms with Crippen LogP contribution in [-0.2, 0) is 28.6 Å². The fourth-order valence-corrected chi connectivity index (χ4v) is 2.74. The van der Waals surface area contributed by atoms with E-state index in [1.807, 2.05) is 0 Å². The molecule has 0 aromatic rings. The van der Waals surface area contributed by atoms with E-state index < -0.39 is 33.3 Å². The maximum Gasteiger partial charge on any atom is 0.333 e. The maximum atomic E-state index is 11.1. The van der Waals surface area contributed by atoms with Gasteiger partial charge in [-0.25, -0.2) is 4.79 Å². The number of rotatable bonds is 8. The lowest BCUT2D eigenvalue weighted by Crippen LogP contribution is -2.28. The van der Waals surface area contributed by atoms with Crippen LogP contribution in [0.2, 0.25) is 6.04 Å². The predicted octanol–water partition coefficient (Wildman–Crippen LogP) is 0.493. The SMILES string of the molecule is C=C(C)C(=O)OCCC[SiH2]C(OC(C)=O)OC(C)=O. The van der Waals surface area contributed by atoms with Gasteiger partial charge in [-0.15, -0.1) is 0 Å². The highest BCUT2D eigenvalue weighted by Gasteiger charge is 2.15. The van der Waals surface area contributed by atoms with Gasteiger partial charge in [0.05, 0.1) is 6.61 Å². The first-order chi connectivity index (χ1) is 8.82. The lowest BCUT2D eigenvalue weighted by molar-refractivity contribution is -0.171. The van der Waals surface area contributed by atoms with Crippen LogP contribution < -0.4 is 0 Å². The van der Waals surface area contributed by atoms with Crippen LogP contribution in [0.3, 0.4) is 0 Å². The summed E-state index contributed by atoms with van der Waals surface area (Å²) in [7, 11) is -0.924. The van der Waals surface area contributed by atoms with Crippen molar-refractivity contribution >= 4 is 27.4 Å². The monoisotopic (exact) mass is 288 g/mol. The number of hydrogen-bond donors (Lipinski definition) is 0. The van der Waals surface area contributed by atoms with E-state index in [1.54, 1.807) is 6.92 Å². The molecular weight excluding hydrogens is 268 g/mol. The molecule has 0 rings (SSSR count). The Morgan fingerprint density at radius 2 is 1.63 bits per heavy atom. The summed E-state index contributed by atoms with van der Waals surface area (Å²) in [5, 5.41) is 0. The van der Waals surface area contributed by atoms with E-state index in [9.17, 15) is 14.4 Å². The van der Waals surface area contributed by atoms with Gasteiger partial charge in [-0.3, -0.25) is 9.59 Å². The Labute approximate surface area is 114 Å². The standard InChI is InChI=1S/C12H20O6Si/c1-8(2)11(15)16-6-5-7-19-12(17-9(3)13)18-10(4)14/h12H,1,5-7,19H2,2-4H3. The summed E-state index contributed by atoms with van der Waals surface area (Å²) in [6.07, 6.45) is 0.643. The van der Waals surface area contributed by atoms with Crippen LogP contribution >= 0.6 is 0 Å². The van der Waals surface area contributed by atoms with Gasteiger partial charge in [0.25, 0.3) is 0 Å². The molecule has 6 nitrogen and oxygen atoms in total. The minimum atomic E-state index is -0.924. The molecule has 0 aliphatic heterocycles. The second-order valence-electron chi connectivity index (χ2n) is 4.06. The third-order valence-corrected chi connectivity index (χ3v) is 3.72. The smallest absolute Gasteiger partial charge is 0.333 e. The van der Waals surface area contributed by atoms with Crippen molar-refractivity contribution in [1.29, 1.82) is 0 Å². The van der Waals surface area contributed by atoms with Crippen molar-refractivity contribution in [2.75, 3.05) is 6.61 Å². The Hall–Kier alpha value is -1.63. The molecule has 0 heterocycles. The van der Waals surface area contributed by atoms with Gasteiger partial charge in [0.15, 0.2) is 0 Å². The van der Waals surface area contributed by atoms with Gasteiger partial charge in [-0.1, -0.05) is 12.6 Å². The molecule has 0 aromatic carbocycles. The average molecular weight is 288 g/mol. The zero-order valence-corrected chi connectivity index (χ0v) is 13.0. The van der Waals surface area contributed by atoms with Gasteiger partial charge in [0.2, 0.25) is 5.91 Å². The average Bonchev–Trinajstić information content (AvgIpc) is 2.26. The Bertz CT molecular complexity index is 336. The van der Waals surface area contributed by atoms with Crippen molar-refractivity contribution in [3.05, 3.63) is 12.2 Å². The number of hydrogen-bond acceptors (Lipinski definition) is 6. The molecule has 19 heavy (non-hydrogen) atoms. The zero-order valence-electron chi connectivity index (χ0n) is 11.6. The van der Waals surface area contributed by atoms with E-state index in [4.69, 9.17) is 14.2 Å². The van der Waals surface area contributed by atoms with E-state index in [2.05, 4.69) is 6.58 Å². The second kappa shape index (κ2) is 9.32. The van der Waals surface area contributed by atoms with Crippen LogP contribution in [-0.4, -0.2) is 39.9 Å². The molecule has 0 aliphatic carbocycles. The highest BCUT2D eigenvalue weighted by molar-refractivity contribution is 6.37. The Balaban J connectivity index is 3.86. The van der Waals surface area contributed by atoms with Crippen molar-refractivity contribution in [1.82, 2.24) is 0 Å². The minimum Gasteiger partial charge on any atom is -0.462 e. The van der Waals surface area contributed by atoms with Crippen LogP contribution in [0, 0.1) is 0 Å². The highest BCUT2D eigenvalue weighted by Crippen LogP contribution is 2.02. The Morgan fingerprint density at radius 1 is 1.11 bits per heavy atom. The summed E-state index contributed by atoms with van der Waals surface area (Å²) >= 11 is 0. The fourth-order valence-electron chi connectivity index (χ4n) is 1.21. The summed E-state index contributed by atoms with van der Waals surface area (Å²) in [4.78, 5) is 32.7. The third kappa shape index (κ3) is 10.0. The van der Waals surface area contributed by atoms with Crippen LogP contribution in [0.4, 0.5) is 0 Å². The van der Waals surface area contributed by atoms with Crippen LogP contribution in [0.1, 0.15) is 27.2 Å². The summed E-state index contributed by atoms with van der Waals surface area (Å²) in [5.41, 5.74) is 0.356. The van der Waals surface area contributed by atoms with Gasteiger partial charge in [0, 0.05) is 19.4 Å². The van der Waals surface area contributed by atoms with E-state index >= 15 is 0 Å². The van der Waals surface area contributed by atoms with Gasteiger partial charge < -0.3 is 14.2 Å². The van der Waals surface area contributed by atoms with Gasteiger partial charge >= 0.3 is 17.9 Å². The molecule has 108 valence electrons. The summed E-state index contributed by atoms with van der Waals surface area (Å²) in [6, 6.07) is 0.731. The Morgan fingerprint density at radius 3 is 2.05 bits per heavy atom. The molecule has 0 saturated heterocycles.